The van der Waals surface area contributed by atoms with Crippen LogP contribution in [0.1, 0.15) is 31.9 Å². The molecule has 2 saturated carbocycles. The van der Waals surface area contributed by atoms with Crippen molar-refractivity contribution in [3.05, 3.63) is 55.4 Å². The van der Waals surface area contributed by atoms with Crippen LogP contribution in [0.4, 0.5) is 8.78 Å². The zero-order valence-corrected chi connectivity index (χ0v) is 18.0. The first-order valence-electron chi connectivity index (χ1n) is 10.7. The van der Waals surface area contributed by atoms with Gasteiger partial charge >= 0.3 is 0 Å². The van der Waals surface area contributed by atoms with Crippen LogP contribution in [0.15, 0.2) is 49.7 Å². The van der Waals surface area contributed by atoms with Gasteiger partial charge in [0.1, 0.15) is 25.5 Å². The molecular formula is C23H24BF2N5O. The van der Waals surface area contributed by atoms with E-state index in [9.17, 15) is 9.50 Å². The molecular weight excluding hydrogens is 411 g/mol. The van der Waals surface area contributed by atoms with Crippen LogP contribution in [0.25, 0.3) is 22.6 Å². The van der Waals surface area contributed by atoms with Crippen molar-refractivity contribution in [1.82, 2.24) is 24.7 Å². The van der Waals surface area contributed by atoms with Gasteiger partial charge in [-0.2, -0.15) is 0 Å². The Morgan fingerprint density at radius 1 is 1.28 bits per heavy atom. The Kier molecular flexibility index (Phi) is 4.69. The number of imidazole rings is 1. The maximum atomic E-state index is 15.4. The van der Waals surface area contributed by atoms with Gasteiger partial charge in [0.25, 0.3) is 0 Å². The monoisotopic (exact) mass is 435 g/mol. The fraction of sp³-hybridized carbons (Fsp3) is 0.391. The van der Waals surface area contributed by atoms with E-state index in [0.29, 0.717) is 29.7 Å². The van der Waals surface area contributed by atoms with Gasteiger partial charge in [0.2, 0.25) is 0 Å². The summed E-state index contributed by atoms with van der Waals surface area (Å²) in [6.07, 6.45) is 5.53. The average Bonchev–Trinajstić information content (AvgIpc) is 3.37. The SMILES string of the molecule is B[C@]12C[C@@H](C(=C)c3cnc(-c4ccc(-n5ccnc5)cc4O)nn3)[C@H](F)[C@](C)(C[C@H]1F)C2. The molecule has 0 spiro atoms. The largest absolute Gasteiger partial charge is 0.507 e. The number of nitrogens with zero attached hydrogens (tertiary/aromatic N) is 5. The number of allylic oxidation sites excluding steroid dienone is 1. The molecule has 2 aromatic heterocycles. The minimum absolute atomic E-state index is 0.00657. The molecule has 1 aromatic carbocycles. The number of hydrogen-bond acceptors (Lipinski definition) is 5. The van der Waals surface area contributed by atoms with Crippen molar-refractivity contribution in [2.24, 2.45) is 11.3 Å². The summed E-state index contributed by atoms with van der Waals surface area (Å²) in [5.74, 6) is -0.268. The molecule has 1 N–H and O–H groups in total. The van der Waals surface area contributed by atoms with Crippen molar-refractivity contribution in [2.75, 3.05) is 0 Å². The van der Waals surface area contributed by atoms with E-state index in [1.54, 1.807) is 35.4 Å². The number of halogens is 2. The maximum Gasteiger partial charge on any atom is 0.185 e. The summed E-state index contributed by atoms with van der Waals surface area (Å²) in [7, 11) is 1.90. The molecule has 2 aliphatic rings. The van der Waals surface area contributed by atoms with E-state index in [0.717, 1.165) is 5.69 Å². The molecule has 2 fully saturated rings. The van der Waals surface area contributed by atoms with Gasteiger partial charge in [0, 0.05) is 29.8 Å². The van der Waals surface area contributed by atoms with Gasteiger partial charge in [-0.3, -0.25) is 0 Å². The van der Waals surface area contributed by atoms with Crippen LogP contribution in [0.5, 0.6) is 5.75 Å². The smallest absolute Gasteiger partial charge is 0.185 e. The van der Waals surface area contributed by atoms with E-state index in [-0.39, 0.29) is 18.0 Å². The molecule has 164 valence electrons. The van der Waals surface area contributed by atoms with E-state index in [1.165, 1.54) is 6.20 Å². The lowest BCUT2D eigenvalue weighted by Crippen LogP contribution is -2.40. The van der Waals surface area contributed by atoms with E-state index in [1.807, 2.05) is 20.8 Å². The second kappa shape index (κ2) is 7.22. The fourth-order valence-electron chi connectivity index (χ4n) is 5.58. The van der Waals surface area contributed by atoms with Gasteiger partial charge in [-0.05, 0) is 42.3 Å². The zero-order chi connectivity index (χ0) is 22.7. The Bertz CT molecular complexity index is 1170. The highest BCUT2D eigenvalue weighted by Gasteiger charge is 2.60. The topological polar surface area (TPSA) is 76.7 Å². The Labute approximate surface area is 185 Å². The second-order valence-electron chi connectivity index (χ2n) is 9.73. The molecule has 2 heterocycles. The molecule has 32 heavy (non-hydrogen) atoms. The number of fused-ring (bicyclic) bond motifs is 2. The van der Waals surface area contributed by atoms with Crippen molar-refractivity contribution < 1.29 is 13.9 Å². The molecule has 3 aromatic rings. The lowest BCUT2D eigenvalue weighted by Gasteiger charge is -2.43. The van der Waals surface area contributed by atoms with Crippen LogP contribution in [0.2, 0.25) is 5.31 Å². The number of alkyl halides is 2. The highest BCUT2D eigenvalue weighted by Crippen LogP contribution is 2.65. The van der Waals surface area contributed by atoms with E-state index in [2.05, 4.69) is 26.7 Å². The summed E-state index contributed by atoms with van der Waals surface area (Å²) in [6, 6.07) is 5.11. The van der Waals surface area contributed by atoms with E-state index < -0.39 is 29.0 Å². The predicted octanol–water partition coefficient (Wildman–Crippen LogP) is 3.73. The minimum atomic E-state index is -1.19. The number of hydrogen-bond donors (Lipinski definition) is 1. The first-order chi connectivity index (χ1) is 15.2. The second-order valence-corrected chi connectivity index (χ2v) is 9.73. The Morgan fingerprint density at radius 3 is 2.75 bits per heavy atom. The van der Waals surface area contributed by atoms with Crippen molar-refractivity contribution >= 4 is 13.4 Å². The molecule has 5 rings (SSSR count). The van der Waals surface area contributed by atoms with Crippen molar-refractivity contribution in [1.29, 1.82) is 0 Å². The van der Waals surface area contributed by atoms with Crippen LogP contribution >= 0.6 is 0 Å². The number of phenolic OH excluding ortho intramolecular Hbond substituents is 1. The van der Waals surface area contributed by atoms with E-state index in [4.69, 9.17) is 0 Å². The van der Waals surface area contributed by atoms with Gasteiger partial charge in [-0.15, -0.1) is 10.2 Å². The number of benzene rings is 1. The van der Waals surface area contributed by atoms with E-state index >= 15 is 4.39 Å². The highest BCUT2D eigenvalue weighted by molar-refractivity contribution is 6.16. The predicted molar refractivity (Wildman–Crippen MR) is 120 cm³/mol. The third-order valence-electron chi connectivity index (χ3n) is 7.28. The van der Waals surface area contributed by atoms with Crippen molar-refractivity contribution in [2.45, 2.75) is 43.8 Å². The average molecular weight is 435 g/mol. The molecule has 0 amide bonds. The highest BCUT2D eigenvalue weighted by atomic mass is 19.1. The molecule has 5 atom stereocenters. The minimum Gasteiger partial charge on any atom is -0.507 e. The summed E-state index contributed by atoms with van der Waals surface area (Å²) in [6.45, 7) is 5.91. The summed E-state index contributed by atoms with van der Waals surface area (Å²) >= 11 is 0. The molecule has 2 bridgehead atoms. The summed E-state index contributed by atoms with van der Waals surface area (Å²) in [5, 5.41) is 18.3. The molecule has 0 aliphatic heterocycles. The summed E-state index contributed by atoms with van der Waals surface area (Å²) < 4.78 is 31.8. The molecule has 0 unspecified atom stereocenters. The Morgan fingerprint density at radius 2 is 2.09 bits per heavy atom. The Balaban J connectivity index is 1.39. The normalized spacial score (nSPS) is 31.5. The van der Waals surface area contributed by atoms with Gasteiger partial charge in [-0.1, -0.05) is 13.5 Å². The van der Waals surface area contributed by atoms with Gasteiger partial charge in [0.15, 0.2) is 5.82 Å². The number of rotatable bonds is 4. The first-order valence-corrected chi connectivity index (χ1v) is 10.7. The summed E-state index contributed by atoms with van der Waals surface area (Å²) in [4.78, 5) is 8.33. The van der Waals surface area contributed by atoms with Crippen LogP contribution in [-0.2, 0) is 0 Å². The number of aromatic nitrogens is 5. The van der Waals surface area contributed by atoms with Gasteiger partial charge in [0.05, 0.1) is 29.9 Å². The van der Waals surface area contributed by atoms with Gasteiger partial charge < -0.3 is 9.67 Å². The van der Waals surface area contributed by atoms with Gasteiger partial charge in [-0.25, -0.2) is 18.7 Å². The lowest BCUT2D eigenvalue weighted by atomic mass is 9.54. The molecule has 2 aliphatic carbocycles. The number of phenols is 1. The fourth-order valence-corrected chi connectivity index (χ4v) is 5.58. The van der Waals surface area contributed by atoms with Crippen LogP contribution in [0.3, 0.4) is 0 Å². The molecule has 0 radical (unpaired) electrons. The van der Waals surface area contributed by atoms with Crippen LogP contribution < -0.4 is 0 Å². The standard InChI is InChI=1S/C23H24BF2N5O/c1-13(16-8-23(24)11-22(2,20(16)26)9-19(23)25)17-10-28-21(30-29-17)15-4-3-14(7-18(15)32)31-6-5-27-12-31/h3-7,10,12,16,19-20,32H,1,8-9,11,24H2,2H3/t16-,19+,20-,22+,23-/m0/s1. The third-order valence-corrected chi connectivity index (χ3v) is 7.28. The zero-order valence-electron chi connectivity index (χ0n) is 18.0. The van der Waals surface area contributed by atoms with Crippen molar-refractivity contribution in [3.63, 3.8) is 0 Å². The molecule has 9 heteroatoms. The lowest BCUT2D eigenvalue weighted by molar-refractivity contribution is 0.0605. The summed E-state index contributed by atoms with van der Waals surface area (Å²) in [5.41, 5.74) is 1.37. The van der Waals surface area contributed by atoms with Crippen LogP contribution in [-0.4, -0.2) is 50.0 Å². The molecule has 0 saturated heterocycles. The third kappa shape index (κ3) is 3.22. The van der Waals surface area contributed by atoms with Crippen LogP contribution in [0, 0.1) is 11.3 Å². The number of aromatic hydroxyl groups is 1. The Hall–Kier alpha value is -3.10. The quantitative estimate of drug-likeness (QED) is 0.632. The maximum absolute atomic E-state index is 15.4. The first kappa shape index (κ1) is 20.8. The molecule has 6 nitrogen and oxygen atoms in total. The van der Waals surface area contributed by atoms with Crippen molar-refractivity contribution in [3.8, 4) is 22.8 Å².